The molecule has 0 saturated heterocycles. The number of hydrogen-bond donors (Lipinski definition) is 1. The van der Waals surface area contributed by atoms with E-state index in [-0.39, 0.29) is 5.91 Å². The molecule has 1 aromatic heterocycles. The van der Waals surface area contributed by atoms with E-state index in [4.69, 9.17) is 11.6 Å². The maximum atomic E-state index is 11.5. The Morgan fingerprint density at radius 2 is 1.92 bits per heavy atom. The summed E-state index contributed by atoms with van der Waals surface area (Å²) in [5.41, 5.74) is 4.01. The lowest BCUT2D eigenvalue weighted by molar-refractivity contribution is -0.111. The molecule has 3 rings (SSSR count). The van der Waals surface area contributed by atoms with Crippen molar-refractivity contribution in [2.45, 2.75) is 0 Å². The third-order valence-electron chi connectivity index (χ3n) is 3.80. The van der Waals surface area contributed by atoms with Gasteiger partial charge in [0.15, 0.2) is 0 Å². The molecule has 24 heavy (non-hydrogen) atoms. The van der Waals surface area contributed by atoms with Crippen molar-refractivity contribution in [3.8, 4) is 0 Å². The van der Waals surface area contributed by atoms with Crippen molar-refractivity contribution in [1.82, 2.24) is 4.57 Å². The second-order valence-corrected chi connectivity index (χ2v) is 5.94. The average Bonchev–Trinajstić information content (AvgIpc) is 2.90. The van der Waals surface area contributed by atoms with Gasteiger partial charge in [0, 0.05) is 40.4 Å². The number of carbonyl (C=O) groups is 1. The fourth-order valence-corrected chi connectivity index (χ4v) is 2.71. The van der Waals surface area contributed by atoms with Gasteiger partial charge < -0.3 is 9.88 Å². The van der Waals surface area contributed by atoms with Gasteiger partial charge in [-0.05, 0) is 42.0 Å². The van der Waals surface area contributed by atoms with Crippen molar-refractivity contribution in [2.24, 2.45) is 7.05 Å². The number of hydrogen-bond acceptors (Lipinski definition) is 1. The molecule has 3 nitrogen and oxygen atoms in total. The maximum absolute atomic E-state index is 11.5. The predicted octanol–water partition coefficient (Wildman–Crippen LogP) is 5.13. The Kier molecular flexibility index (Phi) is 4.54. The van der Waals surface area contributed by atoms with Crippen molar-refractivity contribution in [1.29, 1.82) is 0 Å². The molecule has 0 aliphatic carbocycles. The Morgan fingerprint density at radius 3 is 2.62 bits per heavy atom. The minimum Gasteiger partial charge on any atom is -0.350 e. The van der Waals surface area contributed by atoms with Gasteiger partial charge in [0.1, 0.15) is 0 Å². The van der Waals surface area contributed by atoms with Gasteiger partial charge in [-0.25, -0.2) is 0 Å². The van der Waals surface area contributed by atoms with Gasteiger partial charge in [-0.3, -0.25) is 4.79 Å². The molecule has 0 radical (unpaired) electrons. The summed E-state index contributed by atoms with van der Waals surface area (Å²) in [7, 11) is 2.00. The number of nitrogens with zero attached hydrogens (tertiary/aromatic N) is 1. The van der Waals surface area contributed by atoms with E-state index in [9.17, 15) is 4.79 Å². The second-order valence-electron chi connectivity index (χ2n) is 5.51. The van der Waals surface area contributed by atoms with Crippen LogP contribution >= 0.6 is 11.6 Å². The minimum absolute atomic E-state index is 0.219. The Morgan fingerprint density at radius 1 is 1.17 bits per heavy atom. The summed E-state index contributed by atoms with van der Waals surface area (Å²) in [6.45, 7) is 3.47. The number of carbonyl (C=O) groups excluding carboxylic acids is 1. The van der Waals surface area contributed by atoms with Crippen molar-refractivity contribution >= 4 is 46.3 Å². The monoisotopic (exact) mass is 336 g/mol. The first-order valence-corrected chi connectivity index (χ1v) is 7.91. The third-order valence-corrected chi connectivity index (χ3v) is 4.05. The van der Waals surface area contributed by atoms with Crippen molar-refractivity contribution in [3.63, 3.8) is 0 Å². The second kappa shape index (κ2) is 6.77. The van der Waals surface area contributed by atoms with E-state index in [2.05, 4.69) is 28.7 Å². The standard InChI is InChI=1S/C20H17ClN2O/c1-3-20(24)22-17-10-11-19-18(12-17)15(13-23(19)2)7-4-14-5-8-16(21)9-6-14/h3-13H,1H2,2H3,(H,22,24). The van der Waals surface area contributed by atoms with Gasteiger partial charge in [0.05, 0.1) is 0 Å². The van der Waals surface area contributed by atoms with E-state index < -0.39 is 0 Å². The van der Waals surface area contributed by atoms with Gasteiger partial charge in [0.2, 0.25) is 5.91 Å². The molecular weight excluding hydrogens is 320 g/mol. The van der Waals surface area contributed by atoms with Crippen LogP contribution in [0.2, 0.25) is 5.02 Å². The van der Waals surface area contributed by atoms with Gasteiger partial charge in [-0.2, -0.15) is 0 Å². The summed E-state index contributed by atoms with van der Waals surface area (Å²) < 4.78 is 2.07. The molecule has 2 aromatic carbocycles. The van der Waals surface area contributed by atoms with E-state index in [1.807, 2.05) is 55.6 Å². The fourth-order valence-electron chi connectivity index (χ4n) is 2.59. The van der Waals surface area contributed by atoms with Crippen LogP contribution in [0.4, 0.5) is 5.69 Å². The third kappa shape index (κ3) is 3.42. The molecular formula is C20H17ClN2O. The number of fused-ring (bicyclic) bond motifs is 1. The molecule has 1 heterocycles. The molecule has 0 aliphatic heterocycles. The molecule has 0 saturated carbocycles. The number of amides is 1. The highest BCUT2D eigenvalue weighted by Crippen LogP contribution is 2.26. The smallest absolute Gasteiger partial charge is 0.247 e. The lowest BCUT2D eigenvalue weighted by Crippen LogP contribution is -2.06. The summed E-state index contributed by atoms with van der Waals surface area (Å²) in [6, 6.07) is 13.5. The summed E-state index contributed by atoms with van der Waals surface area (Å²) in [5, 5.41) is 4.59. The molecule has 0 bridgehead atoms. The number of anilines is 1. The van der Waals surface area contributed by atoms with Crippen LogP contribution in [0.3, 0.4) is 0 Å². The highest BCUT2D eigenvalue weighted by molar-refractivity contribution is 6.30. The number of rotatable bonds is 4. The Labute approximate surface area is 145 Å². The van der Waals surface area contributed by atoms with Crippen LogP contribution in [-0.4, -0.2) is 10.5 Å². The van der Waals surface area contributed by atoms with Crippen molar-refractivity contribution < 1.29 is 4.79 Å². The average molecular weight is 337 g/mol. The van der Waals surface area contributed by atoms with Crippen LogP contribution < -0.4 is 5.32 Å². The maximum Gasteiger partial charge on any atom is 0.247 e. The normalized spacial score (nSPS) is 11.1. The van der Waals surface area contributed by atoms with E-state index >= 15 is 0 Å². The lowest BCUT2D eigenvalue weighted by atomic mass is 10.1. The highest BCUT2D eigenvalue weighted by atomic mass is 35.5. The molecule has 1 N–H and O–H groups in total. The molecule has 0 fully saturated rings. The van der Waals surface area contributed by atoms with E-state index in [1.54, 1.807) is 0 Å². The summed E-state index contributed by atoms with van der Waals surface area (Å²) in [5.74, 6) is -0.219. The highest BCUT2D eigenvalue weighted by Gasteiger charge is 2.06. The number of aromatic nitrogens is 1. The summed E-state index contributed by atoms with van der Waals surface area (Å²) in [6.07, 6.45) is 7.43. The quantitative estimate of drug-likeness (QED) is 0.659. The molecule has 0 unspecified atom stereocenters. The summed E-state index contributed by atoms with van der Waals surface area (Å²) >= 11 is 5.91. The van der Waals surface area contributed by atoms with E-state index in [0.717, 1.165) is 32.7 Å². The van der Waals surface area contributed by atoms with Crippen LogP contribution in [-0.2, 0) is 11.8 Å². The first-order chi connectivity index (χ1) is 11.6. The first kappa shape index (κ1) is 16.1. The summed E-state index contributed by atoms with van der Waals surface area (Å²) in [4.78, 5) is 11.5. The SMILES string of the molecule is C=CC(=O)Nc1ccc2c(c1)c(C=Cc1ccc(Cl)cc1)cn2C. The van der Waals surface area contributed by atoms with Gasteiger partial charge in [-0.15, -0.1) is 0 Å². The Balaban J connectivity index is 1.97. The zero-order chi connectivity index (χ0) is 17.1. The van der Waals surface area contributed by atoms with Gasteiger partial charge >= 0.3 is 0 Å². The molecule has 0 atom stereocenters. The lowest BCUT2D eigenvalue weighted by Gasteiger charge is -2.03. The van der Waals surface area contributed by atoms with E-state index in [0.29, 0.717) is 0 Å². The van der Waals surface area contributed by atoms with Crippen LogP contribution in [0, 0.1) is 0 Å². The fraction of sp³-hybridized carbons (Fsp3) is 0.0500. The molecule has 1 amide bonds. The minimum atomic E-state index is -0.219. The zero-order valence-electron chi connectivity index (χ0n) is 13.3. The number of aryl methyl sites for hydroxylation is 1. The van der Waals surface area contributed by atoms with Gasteiger partial charge in [-0.1, -0.05) is 42.5 Å². The molecule has 120 valence electrons. The van der Waals surface area contributed by atoms with Crippen molar-refractivity contribution in [3.05, 3.63) is 77.5 Å². The molecule has 0 spiro atoms. The number of benzene rings is 2. The zero-order valence-corrected chi connectivity index (χ0v) is 14.0. The van der Waals surface area contributed by atoms with Crippen LogP contribution in [0.1, 0.15) is 11.1 Å². The number of halogens is 1. The van der Waals surface area contributed by atoms with Gasteiger partial charge in [0.25, 0.3) is 0 Å². The van der Waals surface area contributed by atoms with Crippen LogP contribution in [0.5, 0.6) is 0 Å². The van der Waals surface area contributed by atoms with Crippen molar-refractivity contribution in [2.75, 3.05) is 5.32 Å². The van der Waals surface area contributed by atoms with Crippen LogP contribution in [0.25, 0.3) is 23.1 Å². The molecule has 0 aliphatic rings. The predicted molar refractivity (Wildman–Crippen MR) is 102 cm³/mol. The largest absolute Gasteiger partial charge is 0.350 e. The Hall–Kier alpha value is -2.78. The Bertz CT molecular complexity index is 936. The van der Waals surface area contributed by atoms with Crippen LogP contribution in [0.15, 0.2) is 61.3 Å². The van der Waals surface area contributed by atoms with E-state index in [1.165, 1.54) is 6.08 Å². The first-order valence-electron chi connectivity index (χ1n) is 7.53. The molecule has 4 heteroatoms. The molecule has 3 aromatic rings. The number of nitrogens with one attached hydrogen (secondary N) is 1. The topological polar surface area (TPSA) is 34.0 Å².